The molecule has 116 valence electrons. The monoisotopic (exact) mass is 303 g/mol. The van der Waals surface area contributed by atoms with Crippen molar-refractivity contribution in [1.82, 2.24) is 5.32 Å². The maximum absolute atomic E-state index is 11.5. The van der Waals surface area contributed by atoms with E-state index in [1.54, 1.807) is 12.1 Å². The fourth-order valence-corrected chi connectivity index (χ4v) is 2.38. The zero-order valence-electron chi connectivity index (χ0n) is 12.8. The van der Waals surface area contributed by atoms with Gasteiger partial charge >= 0.3 is 5.70 Å². The van der Waals surface area contributed by atoms with Crippen molar-refractivity contribution in [3.8, 4) is 6.07 Å². The first-order chi connectivity index (χ1) is 10.3. The standard InChI is InChI=1S/C15H17N3O4/c1-15(2,3)13-9(8-16)11(10-6-5-7-21-10)12(18(19)20)14(17-4)22-13/h5-7,11,17H,1-4H3. The van der Waals surface area contributed by atoms with Crippen LogP contribution in [-0.4, -0.2) is 12.0 Å². The van der Waals surface area contributed by atoms with Crippen LogP contribution in [0.4, 0.5) is 0 Å². The van der Waals surface area contributed by atoms with E-state index >= 15 is 0 Å². The molecule has 0 radical (unpaired) electrons. The summed E-state index contributed by atoms with van der Waals surface area (Å²) in [5.41, 5.74) is -0.532. The number of nitro groups is 1. The number of ether oxygens (including phenoxy) is 1. The first-order valence-corrected chi connectivity index (χ1v) is 6.73. The van der Waals surface area contributed by atoms with Crippen molar-refractivity contribution in [1.29, 1.82) is 5.26 Å². The molecule has 7 nitrogen and oxygen atoms in total. The van der Waals surface area contributed by atoms with E-state index < -0.39 is 16.3 Å². The Bertz CT molecular complexity index is 687. The van der Waals surface area contributed by atoms with Crippen LogP contribution in [0.25, 0.3) is 0 Å². The normalized spacial score (nSPS) is 18.8. The second-order valence-electron chi connectivity index (χ2n) is 5.88. The van der Waals surface area contributed by atoms with Crippen molar-refractivity contribution in [2.45, 2.75) is 26.7 Å². The smallest absolute Gasteiger partial charge is 0.321 e. The van der Waals surface area contributed by atoms with Crippen molar-refractivity contribution in [3.63, 3.8) is 0 Å². The number of furan rings is 1. The van der Waals surface area contributed by atoms with Crippen LogP contribution in [0.3, 0.4) is 0 Å². The zero-order chi connectivity index (χ0) is 16.5. The number of rotatable bonds is 3. The van der Waals surface area contributed by atoms with Crippen molar-refractivity contribution in [3.05, 3.63) is 57.2 Å². The van der Waals surface area contributed by atoms with Gasteiger partial charge in [-0.05, 0) is 12.1 Å². The van der Waals surface area contributed by atoms with E-state index in [0.29, 0.717) is 11.5 Å². The van der Waals surface area contributed by atoms with Crippen LogP contribution >= 0.6 is 0 Å². The largest absolute Gasteiger partial charge is 0.468 e. The van der Waals surface area contributed by atoms with E-state index in [1.807, 2.05) is 20.8 Å². The first kappa shape index (κ1) is 15.6. The van der Waals surface area contributed by atoms with Crippen LogP contribution in [0, 0.1) is 26.9 Å². The molecule has 0 aromatic carbocycles. The summed E-state index contributed by atoms with van der Waals surface area (Å²) >= 11 is 0. The van der Waals surface area contributed by atoms with Gasteiger partial charge in [0.05, 0.1) is 22.8 Å². The van der Waals surface area contributed by atoms with Crippen LogP contribution in [0.1, 0.15) is 32.4 Å². The lowest BCUT2D eigenvalue weighted by Crippen LogP contribution is -2.30. The Morgan fingerprint density at radius 3 is 2.55 bits per heavy atom. The van der Waals surface area contributed by atoms with Crippen molar-refractivity contribution < 1.29 is 14.1 Å². The second kappa shape index (κ2) is 5.56. The maximum atomic E-state index is 11.5. The van der Waals surface area contributed by atoms with E-state index in [9.17, 15) is 15.4 Å². The minimum Gasteiger partial charge on any atom is -0.468 e. The molecule has 0 saturated heterocycles. The lowest BCUT2D eigenvalue weighted by Gasteiger charge is -2.30. The van der Waals surface area contributed by atoms with Gasteiger partial charge in [0.2, 0.25) is 0 Å². The third-order valence-corrected chi connectivity index (χ3v) is 3.30. The van der Waals surface area contributed by atoms with Gasteiger partial charge in [0.25, 0.3) is 5.88 Å². The molecular formula is C15H17N3O4. The lowest BCUT2D eigenvalue weighted by atomic mass is 9.83. The van der Waals surface area contributed by atoms with Gasteiger partial charge in [-0.1, -0.05) is 20.8 Å². The molecule has 2 heterocycles. The highest BCUT2D eigenvalue weighted by Crippen LogP contribution is 2.44. The number of nitrogens with zero attached hydrogens (tertiary/aromatic N) is 2. The Labute approximate surface area is 128 Å². The third-order valence-electron chi connectivity index (χ3n) is 3.30. The van der Waals surface area contributed by atoms with E-state index in [4.69, 9.17) is 9.15 Å². The molecule has 0 bridgehead atoms. The maximum Gasteiger partial charge on any atom is 0.321 e. The van der Waals surface area contributed by atoms with Gasteiger partial charge in [0.1, 0.15) is 11.5 Å². The SMILES string of the molecule is CNC1=C([N+](=O)[O-])C(c2ccco2)C(C#N)=C(C(C)(C)C)O1. The lowest BCUT2D eigenvalue weighted by molar-refractivity contribution is -0.433. The fourth-order valence-electron chi connectivity index (χ4n) is 2.38. The van der Waals surface area contributed by atoms with E-state index in [0.717, 1.165) is 0 Å². The topological polar surface area (TPSA) is 101 Å². The Hall–Kier alpha value is -2.75. The summed E-state index contributed by atoms with van der Waals surface area (Å²) < 4.78 is 11.0. The highest BCUT2D eigenvalue weighted by molar-refractivity contribution is 5.45. The molecule has 2 rings (SSSR count). The van der Waals surface area contributed by atoms with Crippen molar-refractivity contribution >= 4 is 0 Å². The molecule has 1 atom stereocenters. The predicted octanol–water partition coefficient (Wildman–Crippen LogP) is 2.88. The molecule has 0 spiro atoms. The summed E-state index contributed by atoms with van der Waals surface area (Å²) in [5.74, 6) is -0.150. The summed E-state index contributed by atoms with van der Waals surface area (Å²) in [6.45, 7) is 5.63. The quantitative estimate of drug-likeness (QED) is 0.680. The Morgan fingerprint density at radius 1 is 1.45 bits per heavy atom. The molecule has 22 heavy (non-hydrogen) atoms. The number of nitrogens with one attached hydrogen (secondary N) is 1. The summed E-state index contributed by atoms with van der Waals surface area (Å²) in [7, 11) is 1.54. The molecule has 7 heteroatoms. The minimum atomic E-state index is -0.902. The number of nitriles is 1. The highest BCUT2D eigenvalue weighted by Gasteiger charge is 2.45. The number of allylic oxidation sites excluding steroid dienone is 2. The highest BCUT2D eigenvalue weighted by atomic mass is 16.6. The molecule has 1 aromatic heterocycles. The molecule has 0 saturated carbocycles. The van der Waals surface area contributed by atoms with Gasteiger partial charge in [-0.15, -0.1) is 0 Å². The van der Waals surface area contributed by atoms with Gasteiger partial charge in [-0.2, -0.15) is 5.26 Å². The van der Waals surface area contributed by atoms with E-state index in [2.05, 4.69) is 11.4 Å². The first-order valence-electron chi connectivity index (χ1n) is 6.73. The van der Waals surface area contributed by atoms with Gasteiger partial charge in [-0.3, -0.25) is 10.1 Å². The average Bonchev–Trinajstić information content (AvgIpc) is 2.97. The average molecular weight is 303 g/mol. The minimum absolute atomic E-state index is 0.0234. The molecule has 1 N–H and O–H groups in total. The predicted molar refractivity (Wildman–Crippen MR) is 77.7 cm³/mol. The Balaban J connectivity index is 2.74. The number of hydrogen-bond acceptors (Lipinski definition) is 6. The number of hydrogen-bond donors (Lipinski definition) is 1. The fraction of sp³-hybridized carbons (Fsp3) is 0.400. The van der Waals surface area contributed by atoms with Crippen molar-refractivity contribution in [2.24, 2.45) is 5.41 Å². The molecule has 1 aromatic rings. The van der Waals surface area contributed by atoms with Crippen molar-refractivity contribution in [2.75, 3.05) is 7.05 Å². The van der Waals surface area contributed by atoms with Crippen LogP contribution in [-0.2, 0) is 4.74 Å². The van der Waals surface area contributed by atoms with E-state index in [-0.39, 0.29) is 17.2 Å². The van der Waals surface area contributed by atoms with E-state index in [1.165, 1.54) is 13.3 Å². The summed E-state index contributed by atoms with van der Waals surface area (Å²) in [6, 6.07) is 5.30. The van der Waals surface area contributed by atoms with Gasteiger partial charge < -0.3 is 14.5 Å². The van der Waals surface area contributed by atoms with Crippen LogP contribution in [0.2, 0.25) is 0 Å². The molecule has 0 amide bonds. The summed E-state index contributed by atoms with van der Waals surface area (Å²) in [5, 5.41) is 23.8. The van der Waals surface area contributed by atoms with Gasteiger partial charge in [0.15, 0.2) is 5.92 Å². The third kappa shape index (κ3) is 2.55. The summed E-state index contributed by atoms with van der Waals surface area (Å²) in [4.78, 5) is 11.0. The molecule has 1 unspecified atom stereocenters. The Morgan fingerprint density at radius 2 is 2.14 bits per heavy atom. The molecule has 1 aliphatic rings. The molecule has 0 aliphatic carbocycles. The van der Waals surface area contributed by atoms with Gasteiger partial charge in [-0.25, -0.2) is 0 Å². The van der Waals surface area contributed by atoms with Crippen LogP contribution in [0.5, 0.6) is 0 Å². The summed E-state index contributed by atoms with van der Waals surface area (Å²) in [6.07, 6.45) is 1.42. The van der Waals surface area contributed by atoms with Crippen LogP contribution in [0.15, 0.2) is 45.7 Å². The molecule has 0 fully saturated rings. The molecule has 1 aliphatic heterocycles. The molecular weight excluding hydrogens is 286 g/mol. The van der Waals surface area contributed by atoms with Crippen LogP contribution < -0.4 is 5.32 Å². The zero-order valence-corrected chi connectivity index (χ0v) is 12.8. The van der Waals surface area contributed by atoms with Gasteiger partial charge in [0, 0.05) is 12.5 Å². The second-order valence-corrected chi connectivity index (χ2v) is 5.88. The Kier molecular flexibility index (Phi) is 3.95.